The van der Waals surface area contributed by atoms with Gasteiger partial charge in [-0.05, 0) is 61.6 Å². The summed E-state index contributed by atoms with van der Waals surface area (Å²) in [6.07, 6.45) is 4.98. The molecule has 196 valence electrons. The zero-order chi connectivity index (χ0) is 26.1. The summed E-state index contributed by atoms with van der Waals surface area (Å²) >= 11 is 0. The zero-order valence-electron chi connectivity index (χ0n) is 21.6. The van der Waals surface area contributed by atoms with Crippen molar-refractivity contribution < 1.29 is 19.1 Å². The SMILES string of the molecule is CN1C(=O)C(NC(=O)c2cc(Oc3ccccc3)ccn2)CCc2ccc(N3CC4(CCOCC4)C3)cc21. The molecule has 3 aliphatic heterocycles. The van der Waals surface area contributed by atoms with Crippen molar-refractivity contribution in [2.45, 2.75) is 31.7 Å². The lowest BCUT2D eigenvalue weighted by Gasteiger charge is -2.53. The summed E-state index contributed by atoms with van der Waals surface area (Å²) in [6.45, 7) is 3.77. The molecule has 2 amide bonds. The van der Waals surface area contributed by atoms with Crippen molar-refractivity contribution in [1.82, 2.24) is 10.3 Å². The number of aryl methyl sites for hydroxylation is 1. The van der Waals surface area contributed by atoms with E-state index in [9.17, 15) is 9.59 Å². The topological polar surface area (TPSA) is 84.0 Å². The monoisotopic (exact) mass is 512 g/mol. The van der Waals surface area contributed by atoms with E-state index in [-0.39, 0.29) is 11.6 Å². The summed E-state index contributed by atoms with van der Waals surface area (Å²) in [5.74, 6) is 0.651. The van der Waals surface area contributed by atoms with E-state index in [0.717, 1.165) is 56.1 Å². The first-order valence-corrected chi connectivity index (χ1v) is 13.2. The highest BCUT2D eigenvalue weighted by molar-refractivity contribution is 6.02. The van der Waals surface area contributed by atoms with E-state index in [4.69, 9.17) is 9.47 Å². The second kappa shape index (κ2) is 10.1. The number of pyridine rings is 1. The van der Waals surface area contributed by atoms with Crippen molar-refractivity contribution in [2.75, 3.05) is 43.2 Å². The standard InChI is InChI=1S/C30H32N4O4/c1-33-27-17-22(34-19-30(20-34)12-15-37-16-13-30)9-7-21(27)8-10-25(29(33)36)32-28(35)26-18-24(11-14-31-26)38-23-5-3-2-4-6-23/h2-7,9,11,14,17-18,25H,8,10,12-13,15-16,19-20H2,1H3,(H,32,35). The van der Waals surface area contributed by atoms with Crippen LogP contribution in [0.3, 0.4) is 0 Å². The lowest BCUT2D eigenvalue weighted by atomic mass is 9.73. The molecule has 1 N–H and O–H groups in total. The summed E-state index contributed by atoms with van der Waals surface area (Å²) in [5, 5.41) is 2.91. The second-order valence-electron chi connectivity index (χ2n) is 10.5. The molecule has 0 aliphatic carbocycles. The molecule has 2 fully saturated rings. The van der Waals surface area contributed by atoms with Gasteiger partial charge in [0.05, 0.1) is 0 Å². The first kappa shape index (κ1) is 24.4. The van der Waals surface area contributed by atoms with Crippen LogP contribution in [0.25, 0.3) is 0 Å². The molecule has 1 spiro atoms. The van der Waals surface area contributed by atoms with E-state index in [1.807, 2.05) is 30.3 Å². The molecule has 6 rings (SSSR count). The fraction of sp³-hybridized carbons (Fsp3) is 0.367. The molecule has 3 aromatic rings. The maximum absolute atomic E-state index is 13.4. The number of amides is 2. The number of anilines is 2. The number of carbonyl (C=O) groups excluding carboxylic acids is 2. The normalized spacial score (nSPS) is 20.3. The highest BCUT2D eigenvalue weighted by atomic mass is 16.5. The molecule has 1 aromatic heterocycles. The van der Waals surface area contributed by atoms with Crippen LogP contribution < -0.4 is 19.9 Å². The van der Waals surface area contributed by atoms with Crippen LogP contribution in [0.4, 0.5) is 11.4 Å². The third-order valence-corrected chi connectivity index (χ3v) is 7.98. The van der Waals surface area contributed by atoms with E-state index in [0.29, 0.717) is 29.8 Å². The van der Waals surface area contributed by atoms with Gasteiger partial charge < -0.3 is 24.6 Å². The van der Waals surface area contributed by atoms with Crippen LogP contribution in [-0.4, -0.2) is 56.2 Å². The number of hydrogen-bond donors (Lipinski definition) is 1. The number of rotatable bonds is 5. The highest BCUT2D eigenvalue weighted by Gasteiger charge is 2.44. The van der Waals surface area contributed by atoms with E-state index in [2.05, 4.69) is 33.4 Å². The smallest absolute Gasteiger partial charge is 0.270 e. The van der Waals surface area contributed by atoms with Gasteiger partial charge in [0.25, 0.3) is 5.91 Å². The first-order valence-electron chi connectivity index (χ1n) is 13.2. The Kier molecular flexibility index (Phi) is 6.49. The van der Waals surface area contributed by atoms with Crippen molar-refractivity contribution >= 4 is 23.2 Å². The molecule has 38 heavy (non-hydrogen) atoms. The molecule has 3 aliphatic rings. The molecule has 0 radical (unpaired) electrons. The number of ether oxygens (including phenoxy) is 2. The Balaban J connectivity index is 1.13. The molecule has 2 aromatic carbocycles. The van der Waals surface area contributed by atoms with Crippen LogP contribution >= 0.6 is 0 Å². The van der Waals surface area contributed by atoms with Gasteiger partial charge in [-0.25, -0.2) is 0 Å². The zero-order valence-corrected chi connectivity index (χ0v) is 21.6. The number of likely N-dealkylation sites (N-methyl/N-ethyl adjacent to an activating group) is 1. The Morgan fingerprint density at radius 1 is 1.05 bits per heavy atom. The minimum absolute atomic E-state index is 0.129. The summed E-state index contributed by atoms with van der Waals surface area (Å²) in [4.78, 5) is 34.8. The van der Waals surface area contributed by atoms with E-state index < -0.39 is 11.9 Å². The van der Waals surface area contributed by atoms with E-state index in [1.165, 1.54) is 6.20 Å². The third kappa shape index (κ3) is 4.84. The number of carbonyl (C=O) groups is 2. The predicted molar refractivity (Wildman–Crippen MR) is 145 cm³/mol. The van der Waals surface area contributed by atoms with Gasteiger partial charge in [-0.2, -0.15) is 0 Å². The molecule has 0 saturated carbocycles. The number of aromatic nitrogens is 1. The van der Waals surface area contributed by atoms with Gasteiger partial charge in [0.2, 0.25) is 5.91 Å². The average molecular weight is 513 g/mol. The fourth-order valence-corrected chi connectivity index (χ4v) is 5.70. The average Bonchev–Trinajstić information content (AvgIpc) is 3.04. The molecular weight excluding hydrogens is 480 g/mol. The summed E-state index contributed by atoms with van der Waals surface area (Å²) in [5.41, 5.74) is 3.74. The van der Waals surface area contributed by atoms with Gasteiger partial charge in [0.1, 0.15) is 23.2 Å². The van der Waals surface area contributed by atoms with Crippen LogP contribution in [-0.2, 0) is 16.0 Å². The van der Waals surface area contributed by atoms with E-state index >= 15 is 0 Å². The minimum Gasteiger partial charge on any atom is -0.457 e. The summed E-state index contributed by atoms with van der Waals surface area (Å²) < 4.78 is 11.4. The molecular formula is C30H32N4O4. The van der Waals surface area contributed by atoms with Crippen LogP contribution in [0, 0.1) is 5.41 Å². The number of para-hydroxylation sites is 1. The number of benzene rings is 2. The maximum Gasteiger partial charge on any atom is 0.270 e. The van der Waals surface area contributed by atoms with Crippen LogP contribution in [0.1, 0.15) is 35.3 Å². The first-order chi connectivity index (χ1) is 18.5. The summed E-state index contributed by atoms with van der Waals surface area (Å²) in [7, 11) is 1.79. The van der Waals surface area contributed by atoms with Gasteiger partial charge in [0, 0.05) is 62.4 Å². The van der Waals surface area contributed by atoms with Crippen LogP contribution in [0.5, 0.6) is 11.5 Å². The molecule has 1 unspecified atom stereocenters. The molecule has 8 nitrogen and oxygen atoms in total. The largest absolute Gasteiger partial charge is 0.457 e. The maximum atomic E-state index is 13.4. The van der Waals surface area contributed by atoms with Crippen LogP contribution in [0.2, 0.25) is 0 Å². The fourth-order valence-electron chi connectivity index (χ4n) is 5.70. The number of nitrogens with one attached hydrogen (secondary N) is 1. The lowest BCUT2D eigenvalue weighted by Crippen LogP contribution is -2.58. The van der Waals surface area contributed by atoms with Gasteiger partial charge in [-0.3, -0.25) is 14.6 Å². The van der Waals surface area contributed by atoms with Crippen molar-refractivity contribution in [2.24, 2.45) is 5.41 Å². The molecule has 2 saturated heterocycles. The van der Waals surface area contributed by atoms with Crippen LogP contribution in [0.15, 0.2) is 66.9 Å². The Bertz CT molecular complexity index is 1330. The van der Waals surface area contributed by atoms with Crippen molar-refractivity contribution in [3.8, 4) is 11.5 Å². The van der Waals surface area contributed by atoms with Crippen molar-refractivity contribution in [3.63, 3.8) is 0 Å². The Morgan fingerprint density at radius 2 is 1.84 bits per heavy atom. The number of hydrogen-bond acceptors (Lipinski definition) is 6. The Morgan fingerprint density at radius 3 is 2.63 bits per heavy atom. The third-order valence-electron chi connectivity index (χ3n) is 7.98. The highest BCUT2D eigenvalue weighted by Crippen LogP contribution is 2.43. The van der Waals surface area contributed by atoms with Crippen molar-refractivity contribution in [3.05, 3.63) is 78.1 Å². The Labute approximate surface area is 222 Å². The number of fused-ring (bicyclic) bond motifs is 1. The molecule has 1 atom stereocenters. The quantitative estimate of drug-likeness (QED) is 0.552. The van der Waals surface area contributed by atoms with Gasteiger partial charge >= 0.3 is 0 Å². The lowest BCUT2D eigenvalue weighted by molar-refractivity contribution is -0.120. The molecule has 0 bridgehead atoms. The molecule has 4 heterocycles. The summed E-state index contributed by atoms with van der Waals surface area (Å²) in [6, 6.07) is 18.4. The van der Waals surface area contributed by atoms with Gasteiger partial charge in [0.15, 0.2) is 0 Å². The minimum atomic E-state index is -0.640. The second-order valence-corrected chi connectivity index (χ2v) is 10.5. The Hall–Kier alpha value is -3.91. The van der Waals surface area contributed by atoms with Crippen molar-refractivity contribution in [1.29, 1.82) is 0 Å². The molecule has 8 heteroatoms. The predicted octanol–water partition coefficient (Wildman–Crippen LogP) is 4.20. The van der Waals surface area contributed by atoms with Gasteiger partial charge in [-0.1, -0.05) is 24.3 Å². The van der Waals surface area contributed by atoms with Gasteiger partial charge in [-0.15, -0.1) is 0 Å². The number of nitrogens with zero attached hydrogens (tertiary/aromatic N) is 3. The van der Waals surface area contributed by atoms with E-state index in [1.54, 1.807) is 24.1 Å².